The van der Waals surface area contributed by atoms with Crippen LogP contribution in [0.15, 0.2) is 18.3 Å². The van der Waals surface area contributed by atoms with Crippen molar-refractivity contribution in [3.05, 3.63) is 29.6 Å². The summed E-state index contributed by atoms with van der Waals surface area (Å²) in [5, 5.41) is 8.75. The summed E-state index contributed by atoms with van der Waals surface area (Å²) in [6.07, 6.45) is 3.15. The van der Waals surface area contributed by atoms with E-state index in [0.29, 0.717) is 5.92 Å². The summed E-state index contributed by atoms with van der Waals surface area (Å²) in [4.78, 5) is 17.3. The fourth-order valence-corrected chi connectivity index (χ4v) is 2.29. The van der Waals surface area contributed by atoms with Crippen molar-refractivity contribution in [2.24, 2.45) is 5.92 Å². The first-order chi connectivity index (χ1) is 8.13. The molecule has 0 spiro atoms. The maximum absolute atomic E-state index is 10.6. The van der Waals surface area contributed by atoms with Crippen LogP contribution in [0.3, 0.4) is 0 Å². The normalized spacial score (nSPS) is 20.6. The fourth-order valence-electron chi connectivity index (χ4n) is 2.29. The third kappa shape index (κ3) is 3.53. The van der Waals surface area contributed by atoms with Gasteiger partial charge in [-0.1, -0.05) is 6.07 Å². The minimum Gasteiger partial charge on any atom is -0.481 e. The zero-order valence-electron chi connectivity index (χ0n) is 10.1. The van der Waals surface area contributed by atoms with Crippen molar-refractivity contribution >= 4 is 5.97 Å². The molecule has 0 amide bonds. The molecule has 1 N–H and O–H groups in total. The van der Waals surface area contributed by atoms with Crippen molar-refractivity contribution in [1.29, 1.82) is 0 Å². The molecule has 0 aromatic carbocycles. The lowest BCUT2D eigenvalue weighted by Gasteiger charge is -2.14. The molecule has 0 radical (unpaired) electrons. The van der Waals surface area contributed by atoms with Gasteiger partial charge in [-0.3, -0.25) is 14.7 Å². The second-order valence-electron chi connectivity index (χ2n) is 4.81. The number of nitrogens with zero attached hydrogens (tertiary/aromatic N) is 2. The SMILES string of the molecule is Cc1ccc(CN2CCC(CC(=O)O)C2)nc1. The average molecular weight is 234 g/mol. The van der Waals surface area contributed by atoms with E-state index in [9.17, 15) is 4.79 Å². The lowest BCUT2D eigenvalue weighted by molar-refractivity contribution is -0.138. The number of pyridine rings is 1. The molecule has 0 aliphatic carbocycles. The zero-order valence-corrected chi connectivity index (χ0v) is 10.1. The number of rotatable bonds is 4. The van der Waals surface area contributed by atoms with Crippen molar-refractivity contribution in [1.82, 2.24) is 9.88 Å². The van der Waals surface area contributed by atoms with E-state index in [1.807, 2.05) is 19.2 Å². The minimum atomic E-state index is -0.690. The first-order valence-corrected chi connectivity index (χ1v) is 5.99. The van der Waals surface area contributed by atoms with Gasteiger partial charge < -0.3 is 5.11 Å². The fraction of sp³-hybridized carbons (Fsp3) is 0.538. The van der Waals surface area contributed by atoms with E-state index in [0.717, 1.165) is 31.7 Å². The highest BCUT2D eigenvalue weighted by molar-refractivity contribution is 5.67. The van der Waals surface area contributed by atoms with Crippen LogP contribution in [-0.2, 0) is 11.3 Å². The predicted molar refractivity (Wildman–Crippen MR) is 64.6 cm³/mol. The third-order valence-corrected chi connectivity index (χ3v) is 3.19. The van der Waals surface area contributed by atoms with Crippen LogP contribution in [-0.4, -0.2) is 34.0 Å². The molecule has 17 heavy (non-hydrogen) atoms. The van der Waals surface area contributed by atoms with E-state index in [2.05, 4.69) is 16.0 Å². The number of aromatic nitrogens is 1. The molecule has 1 aliphatic heterocycles. The second-order valence-corrected chi connectivity index (χ2v) is 4.81. The molecule has 4 nitrogen and oxygen atoms in total. The van der Waals surface area contributed by atoms with Gasteiger partial charge in [0.2, 0.25) is 0 Å². The smallest absolute Gasteiger partial charge is 0.303 e. The molecule has 0 saturated carbocycles. The third-order valence-electron chi connectivity index (χ3n) is 3.19. The minimum absolute atomic E-state index is 0.290. The van der Waals surface area contributed by atoms with E-state index in [-0.39, 0.29) is 6.42 Å². The maximum atomic E-state index is 10.6. The molecule has 1 fully saturated rings. The van der Waals surface area contributed by atoms with Gasteiger partial charge in [-0.2, -0.15) is 0 Å². The van der Waals surface area contributed by atoms with Gasteiger partial charge in [0, 0.05) is 25.7 Å². The van der Waals surface area contributed by atoms with Gasteiger partial charge in [-0.15, -0.1) is 0 Å². The highest BCUT2D eigenvalue weighted by Gasteiger charge is 2.24. The molecule has 2 heterocycles. The molecule has 1 aromatic heterocycles. The van der Waals surface area contributed by atoms with E-state index < -0.39 is 5.97 Å². The summed E-state index contributed by atoms with van der Waals surface area (Å²) in [6, 6.07) is 4.10. The van der Waals surface area contributed by atoms with E-state index in [1.165, 1.54) is 5.56 Å². The number of likely N-dealkylation sites (tertiary alicyclic amines) is 1. The van der Waals surface area contributed by atoms with Crippen LogP contribution in [0.1, 0.15) is 24.1 Å². The lowest BCUT2D eigenvalue weighted by Crippen LogP contribution is -2.21. The molecular weight excluding hydrogens is 216 g/mol. The van der Waals surface area contributed by atoms with Crippen molar-refractivity contribution in [3.63, 3.8) is 0 Å². The highest BCUT2D eigenvalue weighted by Crippen LogP contribution is 2.20. The summed E-state index contributed by atoms with van der Waals surface area (Å²) >= 11 is 0. The van der Waals surface area contributed by atoms with Crippen LogP contribution < -0.4 is 0 Å². The van der Waals surface area contributed by atoms with Gasteiger partial charge >= 0.3 is 5.97 Å². The number of hydrogen-bond acceptors (Lipinski definition) is 3. The van der Waals surface area contributed by atoms with Crippen LogP contribution in [0.5, 0.6) is 0 Å². The van der Waals surface area contributed by atoms with Crippen molar-refractivity contribution < 1.29 is 9.90 Å². The standard InChI is InChI=1S/C13H18N2O2/c1-10-2-3-12(14-7-10)9-15-5-4-11(8-15)6-13(16)17/h2-3,7,11H,4-6,8-9H2,1H3,(H,16,17). The Balaban J connectivity index is 1.85. The Morgan fingerprint density at radius 3 is 3.06 bits per heavy atom. The number of hydrogen-bond donors (Lipinski definition) is 1. The molecule has 1 aromatic rings. The quantitative estimate of drug-likeness (QED) is 0.861. The Morgan fingerprint density at radius 1 is 1.59 bits per heavy atom. The van der Waals surface area contributed by atoms with Gasteiger partial charge in [-0.05, 0) is 37.4 Å². The Kier molecular flexibility index (Phi) is 3.74. The summed E-state index contributed by atoms with van der Waals surface area (Å²) in [5.74, 6) is -0.386. The zero-order chi connectivity index (χ0) is 12.3. The summed E-state index contributed by atoms with van der Waals surface area (Å²) in [6.45, 7) is 4.71. The number of carboxylic acid groups (broad SMARTS) is 1. The van der Waals surface area contributed by atoms with Crippen LogP contribution in [0.25, 0.3) is 0 Å². The lowest BCUT2D eigenvalue weighted by atomic mass is 10.1. The van der Waals surface area contributed by atoms with E-state index in [4.69, 9.17) is 5.11 Å². The average Bonchev–Trinajstić information content (AvgIpc) is 2.68. The maximum Gasteiger partial charge on any atom is 0.303 e. The molecule has 1 saturated heterocycles. The van der Waals surface area contributed by atoms with Crippen LogP contribution >= 0.6 is 0 Å². The Labute approximate surface area is 101 Å². The van der Waals surface area contributed by atoms with E-state index in [1.54, 1.807) is 0 Å². The van der Waals surface area contributed by atoms with Crippen molar-refractivity contribution in [3.8, 4) is 0 Å². The predicted octanol–water partition coefficient (Wildman–Crippen LogP) is 1.69. The van der Waals surface area contributed by atoms with Gasteiger partial charge in [-0.25, -0.2) is 0 Å². The molecule has 1 unspecified atom stereocenters. The topological polar surface area (TPSA) is 53.4 Å². The summed E-state index contributed by atoms with van der Waals surface area (Å²) in [5.41, 5.74) is 2.23. The van der Waals surface area contributed by atoms with Gasteiger partial charge in [0.25, 0.3) is 0 Å². The Hall–Kier alpha value is -1.42. The van der Waals surface area contributed by atoms with Gasteiger partial charge in [0.05, 0.1) is 5.69 Å². The first kappa shape index (κ1) is 12.0. The van der Waals surface area contributed by atoms with E-state index >= 15 is 0 Å². The molecule has 4 heteroatoms. The number of aryl methyl sites for hydroxylation is 1. The molecule has 0 bridgehead atoms. The molecular formula is C13H18N2O2. The molecule has 1 atom stereocenters. The second kappa shape index (κ2) is 5.27. The largest absolute Gasteiger partial charge is 0.481 e. The summed E-state index contributed by atoms with van der Waals surface area (Å²) < 4.78 is 0. The molecule has 92 valence electrons. The highest BCUT2D eigenvalue weighted by atomic mass is 16.4. The van der Waals surface area contributed by atoms with Crippen LogP contribution in [0.4, 0.5) is 0 Å². The van der Waals surface area contributed by atoms with Crippen LogP contribution in [0, 0.1) is 12.8 Å². The first-order valence-electron chi connectivity index (χ1n) is 5.99. The monoisotopic (exact) mass is 234 g/mol. The number of carboxylic acids is 1. The van der Waals surface area contributed by atoms with Gasteiger partial charge in [0.1, 0.15) is 0 Å². The molecule has 2 rings (SSSR count). The number of aliphatic carboxylic acids is 1. The Bertz CT molecular complexity index is 389. The van der Waals surface area contributed by atoms with Gasteiger partial charge in [0.15, 0.2) is 0 Å². The number of carbonyl (C=O) groups is 1. The van der Waals surface area contributed by atoms with Crippen molar-refractivity contribution in [2.45, 2.75) is 26.3 Å². The molecule has 1 aliphatic rings. The van der Waals surface area contributed by atoms with Crippen molar-refractivity contribution in [2.75, 3.05) is 13.1 Å². The summed E-state index contributed by atoms with van der Waals surface area (Å²) in [7, 11) is 0. The Morgan fingerprint density at radius 2 is 2.41 bits per heavy atom. The van der Waals surface area contributed by atoms with Crippen LogP contribution in [0.2, 0.25) is 0 Å².